The van der Waals surface area contributed by atoms with Crippen LogP contribution in [0, 0.1) is 23.7 Å². The number of hydrogen-bond donors (Lipinski definition) is 3. The Labute approximate surface area is 144 Å². The first-order chi connectivity index (χ1) is 11.4. The van der Waals surface area contributed by atoms with Crippen molar-refractivity contribution in [2.24, 2.45) is 11.8 Å². The third-order valence-corrected chi connectivity index (χ3v) is 3.94. The number of anilines is 1. The summed E-state index contributed by atoms with van der Waals surface area (Å²) in [5, 5.41) is 19.7. The molecule has 1 heterocycles. The van der Waals surface area contributed by atoms with Crippen LogP contribution >= 0.6 is 0 Å². The minimum absolute atomic E-state index is 0.244. The van der Waals surface area contributed by atoms with Gasteiger partial charge in [0, 0.05) is 29.0 Å². The zero-order chi connectivity index (χ0) is 18.1. The van der Waals surface area contributed by atoms with Crippen molar-refractivity contribution in [2.75, 3.05) is 12.3 Å². The summed E-state index contributed by atoms with van der Waals surface area (Å²) >= 11 is 0. The van der Waals surface area contributed by atoms with Crippen molar-refractivity contribution in [3.05, 3.63) is 36.0 Å². The average molecular weight is 328 g/mol. The van der Waals surface area contributed by atoms with E-state index in [1.54, 1.807) is 6.20 Å². The molecule has 0 aliphatic carbocycles. The highest BCUT2D eigenvalue weighted by molar-refractivity contribution is 5.94. The molecule has 0 aliphatic rings. The molecule has 4 heteroatoms. The molecule has 2 aromatic rings. The van der Waals surface area contributed by atoms with Crippen LogP contribution in [0.1, 0.15) is 39.7 Å². The van der Waals surface area contributed by atoms with E-state index >= 15 is 0 Å². The summed E-state index contributed by atoms with van der Waals surface area (Å²) in [6.45, 7) is 8.69. The predicted molar refractivity (Wildman–Crippen MR) is 100 cm³/mol. The first kappa shape index (κ1) is 20.0. The van der Waals surface area contributed by atoms with Crippen LogP contribution < -0.4 is 5.73 Å². The normalized spacial score (nSPS) is 11.7. The number of rotatable bonds is 3. The summed E-state index contributed by atoms with van der Waals surface area (Å²) < 4.78 is 0. The highest BCUT2D eigenvalue weighted by Crippen LogP contribution is 2.21. The fourth-order valence-electron chi connectivity index (χ4n) is 1.67. The molecule has 0 radical (unpaired) electrons. The van der Waals surface area contributed by atoms with Gasteiger partial charge in [0.25, 0.3) is 0 Å². The second-order valence-corrected chi connectivity index (χ2v) is 6.43. The van der Waals surface area contributed by atoms with Crippen LogP contribution in [0.4, 0.5) is 5.82 Å². The molecule has 0 saturated heterocycles. The molecule has 1 aromatic carbocycles. The van der Waals surface area contributed by atoms with Gasteiger partial charge in [-0.15, -0.1) is 0 Å². The lowest BCUT2D eigenvalue weighted by Gasteiger charge is -2.05. The van der Waals surface area contributed by atoms with E-state index in [1.165, 1.54) is 0 Å². The van der Waals surface area contributed by atoms with Crippen molar-refractivity contribution in [2.45, 2.75) is 40.2 Å². The smallest absolute Gasteiger partial charge is 0.131 e. The molecule has 24 heavy (non-hydrogen) atoms. The van der Waals surface area contributed by atoms with Gasteiger partial charge < -0.3 is 15.9 Å². The molecule has 4 nitrogen and oxygen atoms in total. The quantitative estimate of drug-likeness (QED) is 0.756. The van der Waals surface area contributed by atoms with Crippen molar-refractivity contribution in [3.63, 3.8) is 0 Å². The minimum atomic E-state index is -0.792. The Morgan fingerprint density at radius 1 is 1.08 bits per heavy atom. The molecule has 0 bridgehead atoms. The molecule has 2 rings (SSSR count). The van der Waals surface area contributed by atoms with Crippen molar-refractivity contribution in [1.29, 1.82) is 0 Å². The fourth-order valence-corrected chi connectivity index (χ4v) is 1.67. The molecule has 1 atom stereocenters. The van der Waals surface area contributed by atoms with E-state index in [0.29, 0.717) is 5.82 Å². The molecule has 1 unspecified atom stereocenters. The van der Waals surface area contributed by atoms with Gasteiger partial charge in [-0.05, 0) is 24.0 Å². The highest BCUT2D eigenvalue weighted by atomic mass is 16.3. The van der Waals surface area contributed by atoms with Crippen LogP contribution in [0.5, 0.6) is 0 Å². The lowest BCUT2D eigenvalue weighted by Crippen LogP contribution is -2.09. The molecule has 0 fully saturated rings. The number of nitrogens with zero attached hydrogens (tertiary/aromatic N) is 1. The Morgan fingerprint density at radius 2 is 1.75 bits per heavy atom. The first-order valence-electron chi connectivity index (χ1n) is 8.27. The molecule has 0 saturated carbocycles. The van der Waals surface area contributed by atoms with Gasteiger partial charge in [-0.2, -0.15) is 0 Å². The number of pyridine rings is 1. The summed E-state index contributed by atoms with van der Waals surface area (Å²) in [5.41, 5.74) is 6.63. The van der Waals surface area contributed by atoms with Crippen LogP contribution in [-0.2, 0) is 0 Å². The zero-order valence-corrected chi connectivity index (χ0v) is 15.0. The maximum atomic E-state index is 9.21. The zero-order valence-electron chi connectivity index (χ0n) is 15.0. The largest absolute Gasteiger partial charge is 0.394 e. The van der Waals surface area contributed by atoms with Crippen LogP contribution in [0.25, 0.3) is 10.8 Å². The fraction of sp³-hybridized carbons (Fsp3) is 0.450. The Balaban J connectivity index is 0.000000413. The maximum absolute atomic E-state index is 9.21. The lowest BCUT2D eigenvalue weighted by atomic mass is 10.0. The van der Waals surface area contributed by atoms with Crippen molar-refractivity contribution in [3.8, 4) is 11.8 Å². The van der Waals surface area contributed by atoms with E-state index in [4.69, 9.17) is 10.8 Å². The third-order valence-electron chi connectivity index (χ3n) is 3.94. The Morgan fingerprint density at radius 3 is 2.33 bits per heavy atom. The van der Waals surface area contributed by atoms with Gasteiger partial charge in [-0.3, -0.25) is 0 Å². The molecule has 4 N–H and O–H groups in total. The monoisotopic (exact) mass is 328 g/mol. The molecular weight excluding hydrogens is 300 g/mol. The molecule has 1 aromatic heterocycles. The Bertz CT molecular complexity index is 694. The van der Waals surface area contributed by atoms with Crippen LogP contribution in [0.2, 0.25) is 0 Å². The highest BCUT2D eigenvalue weighted by Gasteiger charge is 2.02. The van der Waals surface area contributed by atoms with E-state index < -0.39 is 6.10 Å². The summed E-state index contributed by atoms with van der Waals surface area (Å²) in [5.74, 6) is 8.00. The number of hydrogen-bond acceptors (Lipinski definition) is 4. The van der Waals surface area contributed by atoms with Crippen LogP contribution in [0.15, 0.2) is 30.5 Å². The second-order valence-electron chi connectivity index (χ2n) is 6.43. The number of aromatic nitrogens is 1. The molecule has 130 valence electrons. The summed E-state index contributed by atoms with van der Waals surface area (Å²) in [4.78, 5) is 4.03. The molecule has 0 amide bonds. The SMILES string of the molecule is CC(C)C(C)C.Nc1nccc2c(C#CCC(O)CO)cccc12. The number of aliphatic hydroxyl groups is 2. The van der Waals surface area contributed by atoms with Gasteiger partial charge in [0.1, 0.15) is 5.82 Å². The number of benzene rings is 1. The maximum Gasteiger partial charge on any atom is 0.131 e. The summed E-state index contributed by atoms with van der Waals surface area (Å²) in [6.07, 6.45) is 1.10. The van der Waals surface area contributed by atoms with Gasteiger partial charge in [0.2, 0.25) is 0 Å². The number of aliphatic hydroxyl groups excluding tert-OH is 2. The number of fused-ring (bicyclic) bond motifs is 1. The summed E-state index contributed by atoms with van der Waals surface area (Å²) in [6, 6.07) is 7.51. The molecule has 0 aliphatic heterocycles. The van der Waals surface area contributed by atoms with E-state index in [2.05, 4.69) is 44.5 Å². The van der Waals surface area contributed by atoms with E-state index in [-0.39, 0.29) is 13.0 Å². The lowest BCUT2D eigenvalue weighted by molar-refractivity contribution is 0.0992. The third kappa shape index (κ3) is 6.19. The van der Waals surface area contributed by atoms with Gasteiger partial charge in [-0.25, -0.2) is 4.98 Å². The number of nitrogens with two attached hydrogens (primary N) is 1. The molecular formula is C20H28N2O2. The standard InChI is InChI=1S/C14H14N2O2.C6H14/c15-14-13-6-2-4-10(12(13)7-8-16-14)3-1-5-11(18)9-17;1-5(2)6(3)4/h2,4,6-8,11,17-18H,5,9H2,(H2,15,16);5-6H,1-4H3. The second kappa shape index (κ2) is 9.92. The van der Waals surface area contributed by atoms with Crippen LogP contribution in [0.3, 0.4) is 0 Å². The Kier molecular flexibility index (Phi) is 8.25. The number of nitrogen functional groups attached to an aromatic ring is 1. The van der Waals surface area contributed by atoms with Crippen LogP contribution in [-0.4, -0.2) is 27.9 Å². The Hall–Kier alpha value is -2.09. The van der Waals surface area contributed by atoms with Gasteiger partial charge in [0.15, 0.2) is 0 Å². The first-order valence-corrected chi connectivity index (χ1v) is 8.27. The van der Waals surface area contributed by atoms with Gasteiger partial charge >= 0.3 is 0 Å². The minimum Gasteiger partial charge on any atom is -0.394 e. The van der Waals surface area contributed by atoms with Crippen molar-refractivity contribution >= 4 is 16.6 Å². The van der Waals surface area contributed by atoms with Gasteiger partial charge in [-0.1, -0.05) is 51.7 Å². The van der Waals surface area contributed by atoms with E-state index in [1.807, 2.05) is 24.3 Å². The van der Waals surface area contributed by atoms with E-state index in [9.17, 15) is 5.11 Å². The topological polar surface area (TPSA) is 79.4 Å². The summed E-state index contributed by atoms with van der Waals surface area (Å²) in [7, 11) is 0. The van der Waals surface area contributed by atoms with Crippen molar-refractivity contribution in [1.82, 2.24) is 4.98 Å². The van der Waals surface area contributed by atoms with Crippen molar-refractivity contribution < 1.29 is 10.2 Å². The molecule has 0 spiro atoms. The average Bonchev–Trinajstić information content (AvgIpc) is 2.56. The predicted octanol–water partition coefficient (Wildman–Crippen LogP) is 3.21. The van der Waals surface area contributed by atoms with Gasteiger partial charge in [0.05, 0.1) is 12.7 Å². The van der Waals surface area contributed by atoms with E-state index in [0.717, 1.165) is 28.2 Å².